The van der Waals surface area contributed by atoms with E-state index in [-0.39, 0.29) is 5.54 Å². The van der Waals surface area contributed by atoms with E-state index in [9.17, 15) is 0 Å². The maximum absolute atomic E-state index is 5.59. The topological polar surface area (TPSA) is 30.5 Å². The third kappa shape index (κ3) is 3.03. The number of rotatable bonds is 4. The van der Waals surface area contributed by atoms with Gasteiger partial charge in [0, 0.05) is 22.1 Å². The highest BCUT2D eigenvalue weighted by atomic mass is 79.9. The summed E-state index contributed by atoms with van der Waals surface area (Å²) in [7, 11) is 3.33. The Morgan fingerprint density at radius 3 is 2.50 bits per heavy atom. The lowest BCUT2D eigenvalue weighted by Gasteiger charge is -2.32. The molecule has 24 heavy (non-hydrogen) atoms. The molecule has 3 rings (SSSR count). The van der Waals surface area contributed by atoms with Crippen LogP contribution in [0.25, 0.3) is 16.7 Å². The van der Waals surface area contributed by atoms with E-state index >= 15 is 0 Å². The van der Waals surface area contributed by atoms with Crippen LogP contribution in [-0.4, -0.2) is 25.1 Å². The Hall–Kier alpha value is -1.94. The number of alkyl halides is 1. The third-order valence-corrected chi connectivity index (χ3v) is 4.82. The predicted octanol–water partition coefficient (Wildman–Crippen LogP) is 5.35. The number of anilines is 1. The number of allylic oxidation sites excluding steroid dienone is 1. The normalized spacial score (nSPS) is 15.1. The van der Waals surface area contributed by atoms with Gasteiger partial charge < -0.3 is 14.8 Å². The minimum absolute atomic E-state index is 0.0503. The molecule has 2 aromatic carbocycles. The molecule has 3 nitrogen and oxygen atoms in total. The van der Waals surface area contributed by atoms with Crippen molar-refractivity contribution in [3.63, 3.8) is 0 Å². The highest BCUT2D eigenvalue weighted by Gasteiger charge is 2.24. The molecular weight excluding hydrogens is 366 g/mol. The fourth-order valence-electron chi connectivity index (χ4n) is 3.21. The Bertz CT molecular complexity index is 796. The molecule has 0 aromatic heterocycles. The molecule has 0 aliphatic carbocycles. The van der Waals surface area contributed by atoms with Gasteiger partial charge in [-0.3, -0.25) is 0 Å². The molecule has 0 atom stereocenters. The van der Waals surface area contributed by atoms with Crippen LogP contribution in [0.1, 0.15) is 19.4 Å². The van der Waals surface area contributed by atoms with Crippen LogP contribution in [0.4, 0.5) is 5.69 Å². The van der Waals surface area contributed by atoms with E-state index < -0.39 is 0 Å². The lowest BCUT2D eigenvalue weighted by atomic mass is 9.89. The molecule has 0 spiro atoms. The van der Waals surface area contributed by atoms with Crippen molar-refractivity contribution in [2.24, 2.45) is 0 Å². The highest BCUT2D eigenvalue weighted by molar-refractivity contribution is 9.09. The Labute approximate surface area is 151 Å². The van der Waals surface area contributed by atoms with Gasteiger partial charge in [-0.1, -0.05) is 40.2 Å². The number of ether oxygens (including phenoxy) is 2. The van der Waals surface area contributed by atoms with Crippen molar-refractivity contribution in [3.05, 3.63) is 48.0 Å². The van der Waals surface area contributed by atoms with Crippen molar-refractivity contribution in [1.29, 1.82) is 0 Å². The summed E-state index contributed by atoms with van der Waals surface area (Å²) in [5.41, 5.74) is 5.75. The van der Waals surface area contributed by atoms with Crippen LogP contribution in [0.5, 0.6) is 11.5 Å². The first-order chi connectivity index (χ1) is 11.5. The number of para-hydroxylation sites is 1. The van der Waals surface area contributed by atoms with Crippen LogP contribution < -0.4 is 14.8 Å². The van der Waals surface area contributed by atoms with Crippen molar-refractivity contribution in [3.8, 4) is 22.6 Å². The van der Waals surface area contributed by atoms with Crippen molar-refractivity contribution in [1.82, 2.24) is 0 Å². The van der Waals surface area contributed by atoms with Crippen LogP contribution in [0, 0.1) is 0 Å². The summed E-state index contributed by atoms with van der Waals surface area (Å²) in [6, 6.07) is 12.4. The summed E-state index contributed by atoms with van der Waals surface area (Å²) in [5.74, 6) is 1.50. The largest absolute Gasteiger partial charge is 0.493 e. The summed E-state index contributed by atoms with van der Waals surface area (Å²) in [5, 5.41) is 4.40. The summed E-state index contributed by atoms with van der Waals surface area (Å²) >= 11 is 3.62. The van der Waals surface area contributed by atoms with E-state index in [1.807, 2.05) is 12.1 Å². The van der Waals surface area contributed by atoms with Crippen molar-refractivity contribution in [2.45, 2.75) is 19.4 Å². The van der Waals surface area contributed by atoms with Gasteiger partial charge in [0.2, 0.25) is 0 Å². The summed E-state index contributed by atoms with van der Waals surface area (Å²) in [4.78, 5) is 0. The fraction of sp³-hybridized carbons (Fsp3) is 0.300. The van der Waals surface area contributed by atoms with E-state index in [0.29, 0.717) is 0 Å². The number of hydrogen-bond donors (Lipinski definition) is 1. The van der Waals surface area contributed by atoms with Gasteiger partial charge in [0.25, 0.3) is 0 Å². The molecule has 1 heterocycles. The molecule has 0 fully saturated rings. The van der Waals surface area contributed by atoms with E-state index in [1.54, 1.807) is 14.2 Å². The zero-order chi connectivity index (χ0) is 17.3. The zero-order valence-corrected chi connectivity index (χ0v) is 16.0. The average Bonchev–Trinajstić information content (AvgIpc) is 2.59. The molecule has 1 aliphatic rings. The molecule has 0 radical (unpaired) electrons. The minimum atomic E-state index is -0.0503. The smallest absolute Gasteiger partial charge is 0.168 e. The van der Waals surface area contributed by atoms with Crippen molar-refractivity contribution >= 4 is 27.2 Å². The van der Waals surface area contributed by atoms with Crippen LogP contribution in [0.15, 0.2) is 42.5 Å². The van der Waals surface area contributed by atoms with Crippen LogP contribution in [0.3, 0.4) is 0 Å². The van der Waals surface area contributed by atoms with E-state index in [1.165, 1.54) is 11.1 Å². The molecule has 2 aromatic rings. The van der Waals surface area contributed by atoms with Gasteiger partial charge in [-0.05, 0) is 43.2 Å². The number of hydrogen-bond acceptors (Lipinski definition) is 3. The van der Waals surface area contributed by atoms with Crippen LogP contribution in [0.2, 0.25) is 0 Å². The number of fused-ring (bicyclic) bond motifs is 1. The third-order valence-electron chi connectivity index (χ3n) is 4.22. The zero-order valence-electron chi connectivity index (χ0n) is 14.4. The molecular formula is C20H22BrNO2. The molecule has 0 amide bonds. The van der Waals surface area contributed by atoms with E-state index in [0.717, 1.165) is 33.6 Å². The first-order valence-corrected chi connectivity index (χ1v) is 9.03. The number of nitrogens with one attached hydrogen (secondary N) is 1. The molecule has 0 unspecified atom stereocenters. The van der Waals surface area contributed by atoms with Crippen molar-refractivity contribution in [2.75, 3.05) is 24.9 Å². The van der Waals surface area contributed by atoms with Gasteiger partial charge in [0.1, 0.15) is 0 Å². The molecule has 1 aliphatic heterocycles. The number of methoxy groups -OCH3 is 2. The summed E-state index contributed by atoms with van der Waals surface area (Å²) in [6.45, 7) is 4.36. The Morgan fingerprint density at radius 1 is 1.04 bits per heavy atom. The van der Waals surface area contributed by atoms with Crippen LogP contribution in [-0.2, 0) is 0 Å². The first-order valence-electron chi connectivity index (χ1n) is 7.90. The highest BCUT2D eigenvalue weighted by Crippen LogP contribution is 2.41. The van der Waals surface area contributed by atoms with Gasteiger partial charge in [0.05, 0.1) is 19.8 Å². The first kappa shape index (κ1) is 16.9. The van der Waals surface area contributed by atoms with Gasteiger partial charge in [-0.15, -0.1) is 0 Å². The second-order valence-corrected chi connectivity index (χ2v) is 7.01. The monoisotopic (exact) mass is 387 g/mol. The SMILES string of the molecule is COc1cccc(-c2ccc3c(c2)C(CBr)=CC(C)(C)N3)c1OC. The van der Waals surface area contributed by atoms with Gasteiger partial charge in [0.15, 0.2) is 11.5 Å². The summed E-state index contributed by atoms with van der Waals surface area (Å²) < 4.78 is 11.0. The second-order valence-electron chi connectivity index (χ2n) is 6.45. The Kier molecular flexibility index (Phi) is 4.59. The van der Waals surface area contributed by atoms with Gasteiger partial charge in [-0.2, -0.15) is 0 Å². The van der Waals surface area contributed by atoms with Gasteiger partial charge >= 0.3 is 0 Å². The maximum atomic E-state index is 5.59. The molecule has 1 N–H and O–H groups in total. The van der Waals surface area contributed by atoms with Crippen LogP contribution >= 0.6 is 15.9 Å². The predicted molar refractivity (Wildman–Crippen MR) is 104 cm³/mol. The molecule has 4 heteroatoms. The van der Waals surface area contributed by atoms with Crippen molar-refractivity contribution < 1.29 is 9.47 Å². The lowest BCUT2D eigenvalue weighted by molar-refractivity contribution is 0.356. The molecule has 0 bridgehead atoms. The quantitative estimate of drug-likeness (QED) is 0.716. The second kappa shape index (κ2) is 6.52. The lowest BCUT2D eigenvalue weighted by Crippen LogP contribution is -2.31. The molecule has 0 saturated carbocycles. The van der Waals surface area contributed by atoms with E-state index in [4.69, 9.17) is 9.47 Å². The number of benzene rings is 2. The molecule has 0 saturated heterocycles. The summed E-state index contributed by atoms with van der Waals surface area (Å²) in [6.07, 6.45) is 2.27. The number of halogens is 1. The average molecular weight is 388 g/mol. The fourth-order valence-corrected chi connectivity index (χ4v) is 3.67. The van der Waals surface area contributed by atoms with E-state index in [2.05, 4.69) is 65.4 Å². The van der Waals surface area contributed by atoms with Gasteiger partial charge in [-0.25, -0.2) is 0 Å². The maximum Gasteiger partial charge on any atom is 0.168 e. The Balaban J connectivity index is 2.14. The standard InChI is InChI=1S/C20H22BrNO2/c1-20(2)11-14(12-21)16-10-13(8-9-17(16)22-20)15-6-5-7-18(23-3)19(15)24-4/h5-11,22H,12H2,1-4H3. The molecule has 126 valence electrons. The minimum Gasteiger partial charge on any atom is -0.493 e. The Morgan fingerprint density at radius 2 is 1.83 bits per heavy atom.